The van der Waals surface area contributed by atoms with Crippen molar-refractivity contribution in [3.8, 4) is 0 Å². The number of rotatable bonds is 1. The largest absolute Gasteiger partial charge is 0.311 e. The van der Waals surface area contributed by atoms with Gasteiger partial charge in [-0.2, -0.15) is 0 Å². The summed E-state index contributed by atoms with van der Waals surface area (Å²) < 4.78 is 1.08. The van der Waals surface area contributed by atoms with E-state index >= 15 is 0 Å². The van der Waals surface area contributed by atoms with E-state index in [9.17, 15) is 4.79 Å². The van der Waals surface area contributed by atoms with Crippen LogP contribution in [0.2, 0.25) is 0 Å². The molecule has 1 aromatic rings. The Balaban J connectivity index is 2.30. The first kappa shape index (κ1) is 11.1. The Hall–Kier alpha value is -0.350. The zero-order valence-corrected chi connectivity index (χ0v) is 11.5. The Labute approximate surface area is 106 Å². The molecule has 1 saturated heterocycles. The molecule has 0 aliphatic carbocycles. The maximum absolute atomic E-state index is 11.7. The number of hydrogen-bond acceptors (Lipinski definition) is 1. The second-order valence-electron chi connectivity index (χ2n) is 3.74. The zero-order chi connectivity index (χ0) is 11.0. The summed E-state index contributed by atoms with van der Waals surface area (Å²) >= 11 is 6.93. The van der Waals surface area contributed by atoms with Crippen LogP contribution in [0.3, 0.4) is 0 Å². The molecule has 80 valence electrons. The number of carbonyl (C=O) groups excluding carboxylic acids is 1. The Morgan fingerprint density at radius 1 is 1.47 bits per heavy atom. The summed E-state index contributed by atoms with van der Waals surface area (Å²) in [6, 6.07) is 5.99. The van der Waals surface area contributed by atoms with Gasteiger partial charge < -0.3 is 4.90 Å². The van der Waals surface area contributed by atoms with Crippen molar-refractivity contribution in [3.63, 3.8) is 0 Å². The minimum Gasteiger partial charge on any atom is -0.311 e. The van der Waals surface area contributed by atoms with E-state index in [2.05, 4.69) is 31.9 Å². The summed E-state index contributed by atoms with van der Waals surface area (Å²) in [5.74, 6) is 0.193. The summed E-state index contributed by atoms with van der Waals surface area (Å²) in [6.45, 7) is 2.79. The molecule has 1 aliphatic heterocycles. The lowest BCUT2D eigenvalue weighted by molar-refractivity contribution is -0.117. The lowest BCUT2D eigenvalue weighted by Crippen LogP contribution is -2.24. The molecule has 0 radical (unpaired) electrons. The van der Waals surface area contributed by atoms with E-state index in [0.29, 0.717) is 6.42 Å². The minimum atomic E-state index is 0.193. The van der Waals surface area contributed by atoms with Crippen molar-refractivity contribution in [1.82, 2.24) is 0 Å². The highest BCUT2D eigenvalue weighted by molar-refractivity contribution is 9.10. The van der Waals surface area contributed by atoms with Crippen LogP contribution < -0.4 is 4.90 Å². The van der Waals surface area contributed by atoms with Crippen LogP contribution >= 0.6 is 31.9 Å². The van der Waals surface area contributed by atoms with Gasteiger partial charge in [-0.15, -0.1) is 0 Å². The van der Waals surface area contributed by atoms with Crippen LogP contribution in [0.1, 0.15) is 12.0 Å². The third kappa shape index (κ3) is 2.26. The fraction of sp³-hybridized carbons (Fsp3) is 0.364. The molecule has 1 aliphatic rings. The van der Waals surface area contributed by atoms with Gasteiger partial charge in [0.25, 0.3) is 0 Å². The Bertz CT molecular complexity index is 406. The highest BCUT2D eigenvalue weighted by atomic mass is 79.9. The summed E-state index contributed by atoms with van der Waals surface area (Å²) in [7, 11) is 0. The summed E-state index contributed by atoms with van der Waals surface area (Å²) in [5, 5.41) is 0. The average molecular weight is 333 g/mol. The summed E-state index contributed by atoms with van der Waals surface area (Å²) in [5.41, 5.74) is 2.14. The Morgan fingerprint density at radius 2 is 2.20 bits per heavy atom. The van der Waals surface area contributed by atoms with Gasteiger partial charge in [0.2, 0.25) is 5.91 Å². The van der Waals surface area contributed by atoms with Crippen molar-refractivity contribution >= 4 is 43.5 Å². The number of aryl methyl sites for hydroxylation is 1. The van der Waals surface area contributed by atoms with E-state index in [0.717, 1.165) is 22.3 Å². The summed E-state index contributed by atoms with van der Waals surface area (Å²) in [4.78, 5) is 13.8. The monoisotopic (exact) mass is 331 g/mol. The number of nitrogens with zero attached hydrogens (tertiary/aromatic N) is 1. The van der Waals surface area contributed by atoms with Gasteiger partial charge in [-0.1, -0.05) is 31.9 Å². The van der Waals surface area contributed by atoms with Crippen LogP contribution in [-0.2, 0) is 4.79 Å². The normalized spacial score (nSPS) is 21.1. The van der Waals surface area contributed by atoms with E-state index in [4.69, 9.17) is 0 Å². The molecule has 0 aromatic heterocycles. The number of amides is 1. The van der Waals surface area contributed by atoms with E-state index in [-0.39, 0.29) is 10.7 Å². The second kappa shape index (κ2) is 4.26. The highest BCUT2D eigenvalue weighted by Gasteiger charge is 2.28. The predicted molar refractivity (Wildman–Crippen MR) is 68.6 cm³/mol. The summed E-state index contributed by atoms with van der Waals surface area (Å²) in [6.07, 6.45) is 0.592. The molecule has 1 fully saturated rings. The molecule has 2 nitrogen and oxygen atoms in total. The number of benzene rings is 1. The molecule has 0 bridgehead atoms. The zero-order valence-electron chi connectivity index (χ0n) is 8.34. The van der Waals surface area contributed by atoms with Crippen molar-refractivity contribution < 1.29 is 4.79 Å². The van der Waals surface area contributed by atoms with Gasteiger partial charge in [0.05, 0.1) is 0 Å². The molecule has 0 N–H and O–H groups in total. The van der Waals surface area contributed by atoms with Crippen LogP contribution in [0.25, 0.3) is 0 Å². The molecule has 0 spiro atoms. The van der Waals surface area contributed by atoms with Gasteiger partial charge in [-0.05, 0) is 30.7 Å². The van der Waals surface area contributed by atoms with Crippen molar-refractivity contribution in [3.05, 3.63) is 28.2 Å². The predicted octanol–water partition coefficient (Wildman–Crippen LogP) is 3.26. The lowest BCUT2D eigenvalue weighted by atomic mass is 10.2. The number of hydrogen-bond donors (Lipinski definition) is 0. The third-order valence-corrected chi connectivity index (χ3v) is 4.03. The first-order valence-corrected chi connectivity index (χ1v) is 6.49. The average Bonchev–Trinajstić information content (AvgIpc) is 2.50. The van der Waals surface area contributed by atoms with Crippen molar-refractivity contribution in [2.45, 2.75) is 18.2 Å². The number of alkyl halides is 1. The van der Waals surface area contributed by atoms with E-state index in [1.807, 2.05) is 30.0 Å². The molecular weight excluding hydrogens is 322 g/mol. The molecule has 1 amide bonds. The highest BCUT2D eigenvalue weighted by Crippen LogP contribution is 2.28. The van der Waals surface area contributed by atoms with E-state index < -0.39 is 0 Å². The van der Waals surface area contributed by atoms with Crippen LogP contribution in [0.5, 0.6) is 0 Å². The topological polar surface area (TPSA) is 20.3 Å². The van der Waals surface area contributed by atoms with Crippen LogP contribution in [0.15, 0.2) is 22.7 Å². The molecule has 2 rings (SSSR count). The molecular formula is C11H11Br2NO. The quantitative estimate of drug-likeness (QED) is 0.723. The molecule has 4 heteroatoms. The number of halogens is 2. The first-order chi connectivity index (χ1) is 7.08. The standard InChI is InChI=1S/C11H11Br2NO/c1-7-4-9(2-3-10(7)13)14-6-8(12)5-11(14)15/h2-4,8H,5-6H2,1H3. The third-order valence-electron chi connectivity index (χ3n) is 2.53. The first-order valence-electron chi connectivity index (χ1n) is 4.78. The van der Waals surface area contributed by atoms with E-state index in [1.54, 1.807) is 0 Å². The fourth-order valence-electron chi connectivity index (χ4n) is 1.71. The lowest BCUT2D eigenvalue weighted by Gasteiger charge is -2.16. The molecule has 1 atom stereocenters. The van der Waals surface area contributed by atoms with Gasteiger partial charge in [-0.25, -0.2) is 0 Å². The fourth-order valence-corrected chi connectivity index (χ4v) is 2.52. The Kier molecular flexibility index (Phi) is 3.16. The smallest absolute Gasteiger partial charge is 0.228 e. The second-order valence-corrected chi connectivity index (χ2v) is 5.89. The maximum atomic E-state index is 11.7. The van der Waals surface area contributed by atoms with E-state index in [1.165, 1.54) is 0 Å². The molecule has 15 heavy (non-hydrogen) atoms. The van der Waals surface area contributed by atoms with Gasteiger partial charge in [0.1, 0.15) is 0 Å². The molecule has 1 aromatic carbocycles. The van der Waals surface area contributed by atoms with Gasteiger partial charge >= 0.3 is 0 Å². The van der Waals surface area contributed by atoms with Crippen molar-refractivity contribution in [2.24, 2.45) is 0 Å². The van der Waals surface area contributed by atoms with Crippen LogP contribution in [0.4, 0.5) is 5.69 Å². The van der Waals surface area contributed by atoms with Gasteiger partial charge in [0, 0.05) is 28.0 Å². The molecule has 0 saturated carbocycles. The minimum absolute atomic E-state index is 0.193. The van der Waals surface area contributed by atoms with Crippen LogP contribution in [-0.4, -0.2) is 17.3 Å². The number of carbonyl (C=O) groups is 1. The van der Waals surface area contributed by atoms with Gasteiger partial charge in [0.15, 0.2) is 0 Å². The van der Waals surface area contributed by atoms with Gasteiger partial charge in [-0.3, -0.25) is 4.79 Å². The SMILES string of the molecule is Cc1cc(N2CC(Br)CC2=O)ccc1Br. The molecule has 1 unspecified atom stereocenters. The number of anilines is 1. The maximum Gasteiger partial charge on any atom is 0.228 e. The van der Waals surface area contributed by atoms with Crippen LogP contribution in [0, 0.1) is 6.92 Å². The van der Waals surface area contributed by atoms with Crippen molar-refractivity contribution in [2.75, 3.05) is 11.4 Å². The Morgan fingerprint density at radius 3 is 2.73 bits per heavy atom. The van der Waals surface area contributed by atoms with Crippen molar-refractivity contribution in [1.29, 1.82) is 0 Å². The molecule has 1 heterocycles.